The largest absolute Gasteiger partial charge is 0.351 e. The molecule has 1 saturated heterocycles. The Kier molecular flexibility index (Phi) is 4.45. The molecule has 0 unspecified atom stereocenters. The Morgan fingerprint density at radius 1 is 1.32 bits per heavy atom. The lowest BCUT2D eigenvalue weighted by molar-refractivity contribution is -0.227. The molecule has 1 aliphatic heterocycles. The first-order valence-corrected chi connectivity index (χ1v) is 10.5. The van der Waals surface area contributed by atoms with Crippen molar-refractivity contribution in [1.82, 2.24) is 5.06 Å². The molecule has 106 valence electrons. The summed E-state index contributed by atoms with van der Waals surface area (Å²) in [4.78, 5) is 5.76. The molecule has 1 heterocycles. The average molecular weight is 279 g/mol. The van der Waals surface area contributed by atoms with Gasteiger partial charge in [0.25, 0.3) is 0 Å². The summed E-state index contributed by atoms with van der Waals surface area (Å²) < 4.78 is 5.60. The maximum Gasteiger partial charge on any atom is 0.179 e. The molecule has 2 atom stereocenters. The second kappa shape index (κ2) is 5.75. The second-order valence-corrected chi connectivity index (χ2v) is 11.2. The fourth-order valence-electron chi connectivity index (χ4n) is 2.71. The third kappa shape index (κ3) is 3.26. The van der Waals surface area contributed by atoms with E-state index in [1.165, 1.54) is 10.8 Å². The highest BCUT2D eigenvalue weighted by molar-refractivity contribution is 6.89. The van der Waals surface area contributed by atoms with Gasteiger partial charge in [0.05, 0.1) is 14.1 Å². The third-order valence-electron chi connectivity index (χ3n) is 3.62. The van der Waals surface area contributed by atoms with E-state index in [-0.39, 0.29) is 6.29 Å². The topological polar surface area (TPSA) is 21.7 Å². The molecule has 1 aromatic rings. The van der Waals surface area contributed by atoms with Gasteiger partial charge in [0.1, 0.15) is 0 Å². The summed E-state index contributed by atoms with van der Waals surface area (Å²) in [5.41, 5.74) is 1.41. The van der Waals surface area contributed by atoms with E-state index in [1.54, 1.807) is 0 Å². The van der Waals surface area contributed by atoms with Gasteiger partial charge in [-0.15, -0.1) is 0 Å². The van der Waals surface area contributed by atoms with Crippen LogP contribution in [0.15, 0.2) is 24.3 Å². The van der Waals surface area contributed by atoms with Crippen LogP contribution < -0.4 is 5.19 Å². The van der Waals surface area contributed by atoms with Crippen LogP contribution in [0.3, 0.4) is 0 Å². The first kappa shape index (κ1) is 14.7. The van der Waals surface area contributed by atoms with Crippen molar-refractivity contribution in [1.29, 1.82) is 0 Å². The van der Waals surface area contributed by atoms with Crippen molar-refractivity contribution in [2.24, 2.45) is 0 Å². The zero-order valence-corrected chi connectivity index (χ0v) is 13.6. The molecule has 0 aromatic heterocycles. The van der Waals surface area contributed by atoms with Crippen molar-refractivity contribution in [3.05, 3.63) is 29.8 Å². The summed E-state index contributed by atoms with van der Waals surface area (Å²) in [5.74, 6) is 0. The summed E-state index contributed by atoms with van der Waals surface area (Å²) in [7, 11) is 0.666. The maximum absolute atomic E-state index is 5.76. The highest BCUT2D eigenvalue weighted by Gasteiger charge is 2.35. The van der Waals surface area contributed by atoms with Crippen molar-refractivity contribution in [3.63, 3.8) is 0 Å². The molecule has 1 aromatic carbocycles. The van der Waals surface area contributed by atoms with E-state index < -0.39 is 8.07 Å². The number of benzene rings is 1. The quantitative estimate of drug-likeness (QED) is 0.791. The van der Waals surface area contributed by atoms with E-state index >= 15 is 0 Å². The van der Waals surface area contributed by atoms with E-state index in [4.69, 9.17) is 9.57 Å². The fraction of sp³-hybridized carbons (Fsp3) is 0.600. The molecular formula is C15H25NO2Si. The summed E-state index contributed by atoms with van der Waals surface area (Å²) in [6.07, 6.45) is 0.806. The smallest absolute Gasteiger partial charge is 0.179 e. The Bertz CT molecular complexity index is 430. The minimum Gasteiger partial charge on any atom is -0.351 e. The van der Waals surface area contributed by atoms with Crippen molar-refractivity contribution in [3.8, 4) is 0 Å². The SMILES string of the molecule is CCO[C@H]1C[C@@H](c2ccccc2[Si](C)(C)C)N(C)O1. The molecule has 3 nitrogen and oxygen atoms in total. The molecule has 0 saturated carbocycles. The summed E-state index contributed by atoms with van der Waals surface area (Å²) in [5, 5.41) is 3.48. The van der Waals surface area contributed by atoms with Gasteiger partial charge in [0.2, 0.25) is 0 Å². The van der Waals surface area contributed by atoms with Crippen LogP contribution in [0.5, 0.6) is 0 Å². The van der Waals surface area contributed by atoms with Gasteiger partial charge < -0.3 is 4.74 Å². The molecule has 2 rings (SSSR count). The normalized spacial score (nSPS) is 24.9. The highest BCUT2D eigenvalue weighted by atomic mass is 28.3. The predicted octanol–water partition coefficient (Wildman–Crippen LogP) is 2.90. The van der Waals surface area contributed by atoms with Crippen LogP contribution in [0.1, 0.15) is 24.9 Å². The number of ether oxygens (including phenoxy) is 1. The molecular weight excluding hydrogens is 254 g/mol. The first-order chi connectivity index (χ1) is 8.93. The minimum absolute atomic E-state index is 0.102. The lowest BCUT2D eigenvalue weighted by Gasteiger charge is -2.26. The van der Waals surface area contributed by atoms with Crippen molar-refractivity contribution in [2.75, 3.05) is 13.7 Å². The van der Waals surface area contributed by atoms with Gasteiger partial charge in [-0.1, -0.05) is 49.1 Å². The lowest BCUT2D eigenvalue weighted by atomic mass is 10.0. The van der Waals surface area contributed by atoms with E-state index in [0.29, 0.717) is 12.6 Å². The molecule has 4 heteroatoms. The third-order valence-corrected chi connectivity index (χ3v) is 5.69. The molecule has 0 radical (unpaired) electrons. The van der Waals surface area contributed by atoms with Gasteiger partial charge in [-0.2, -0.15) is 5.06 Å². The minimum atomic E-state index is -1.34. The zero-order valence-electron chi connectivity index (χ0n) is 12.6. The average Bonchev–Trinajstić information content (AvgIpc) is 2.70. The van der Waals surface area contributed by atoms with Gasteiger partial charge in [-0.25, -0.2) is 0 Å². The number of nitrogens with zero attached hydrogens (tertiary/aromatic N) is 1. The van der Waals surface area contributed by atoms with Crippen LogP contribution in [-0.4, -0.2) is 33.1 Å². The Hall–Kier alpha value is -0.683. The molecule has 19 heavy (non-hydrogen) atoms. The van der Waals surface area contributed by atoms with Gasteiger partial charge >= 0.3 is 0 Å². The van der Waals surface area contributed by atoms with E-state index in [9.17, 15) is 0 Å². The molecule has 0 amide bonds. The Morgan fingerprint density at radius 3 is 2.63 bits per heavy atom. The van der Waals surface area contributed by atoms with Gasteiger partial charge in [0.15, 0.2) is 6.29 Å². The Morgan fingerprint density at radius 2 is 2.00 bits per heavy atom. The number of hydrogen-bond acceptors (Lipinski definition) is 3. The Balaban J connectivity index is 2.27. The monoisotopic (exact) mass is 279 g/mol. The van der Waals surface area contributed by atoms with Gasteiger partial charge in [-0.05, 0) is 12.5 Å². The zero-order chi connectivity index (χ0) is 14.0. The number of hydrogen-bond donors (Lipinski definition) is 0. The standard InChI is InChI=1S/C15H25NO2Si/c1-6-17-15-11-13(16(2)18-15)12-9-7-8-10-14(12)19(3,4)5/h7-10,13,15H,6,11H2,1-5H3/t13-,15+/m0/s1. The second-order valence-electron chi connectivity index (χ2n) is 6.13. The van der Waals surface area contributed by atoms with Crippen LogP contribution in [0.25, 0.3) is 0 Å². The molecule has 0 N–H and O–H groups in total. The number of hydroxylamine groups is 2. The van der Waals surface area contributed by atoms with E-state index in [0.717, 1.165) is 6.42 Å². The number of rotatable bonds is 4. The molecule has 0 aliphatic carbocycles. The summed E-state index contributed by atoms with van der Waals surface area (Å²) >= 11 is 0. The van der Waals surface area contributed by atoms with E-state index in [2.05, 4.69) is 43.9 Å². The Labute approximate surface area is 117 Å². The van der Waals surface area contributed by atoms with Crippen molar-refractivity contribution in [2.45, 2.75) is 45.3 Å². The van der Waals surface area contributed by atoms with Gasteiger partial charge in [-0.3, -0.25) is 4.84 Å². The van der Waals surface area contributed by atoms with Crippen molar-refractivity contribution < 1.29 is 9.57 Å². The maximum atomic E-state index is 5.76. The summed E-state index contributed by atoms with van der Waals surface area (Å²) in [6, 6.07) is 9.10. The van der Waals surface area contributed by atoms with Crippen LogP contribution in [-0.2, 0) is 9.57 Å². The van der Waals surface area contributed by atoms with E-state index in [1.807, 2.05) is 19.0 Å². The predicted molar refractivity (Wildman–Crippen MR) is 81.0 cm³/mol. The van der Waals surface area contributed by atoms with Crippen LogP contribution in [0.2, 0.25) is 19.6 Å². The lowest BCUT2D eigenvalue weighted by Crippen LogP contribution is -2.41. The van der Waals surface area contributed by atoms with Crippen LogP contribution in [0.4, 0.5) is 0 Å². The fourth-order valence-corrected chi connectivity index (χ4v) is 4.42. The molecule has 1 aliphatic rings. The molecule has 1 fully saturated rings. The molecule has 0 bridgehead atoms. The molecule has 0 spiro atoms. The van der Waals surface area contributed by atoms with Crippen LogP contribution in [0, 0.1) is 0 Å². The van der Waals surface area contributed by atoms with Crippen LogP contribution >= 0.6 is 0 Å². The highest BCUT2D eigenvalue weighted by Crippen LogP contribution is 2.33. The van der Waals surface area contributed by atoms with Crippen molar-refractivity contribution >= 4 is 13.3 Å². The summed E-state index contributed by atoms with van der Waals surface area (Å²) in [6.45, 7) is 9.87. The first-order valence-electron chi connectivity index (χ1n) is 7.04. The van der Waals surface area contributed by atoms with Gasteiger partial charge in [0, 0.05) is 20.1 Å².